The smallest absolute Gasteiger partial charge is 0.405 e. The number of rotatable bonds is 5. The predicted octanol–water partition coefficient (Wildman–Crippen LogP) is 3.76. The van der Waals surface area contributed by atoms with Crippen LogP contribution in [0.15, 0.2) is 46.9 Å². The summed E-state index contributed by atoms with van der Waals surface area (Å²) in [6.45, 7) is 1.37. The Balaban J connectivity index is 2.31. The van der Waals surface area contributed by atoms with E-state index >= 15 is 0 Å². The van der Waals surface area contributed by atoms with Crippen LogP contribution >= 0.6 is 27.5 Å². The van der Waals surface area contributed by atoms with E-state index in [0.29, 0.717) is 15.1 Å². The molecular weight excluding hydrogens is 412 g/mol. The number of amides is 2. The van der Waals surface area contributed by atoms with Crippen LogP contribution in [0, 0.1) is 0 Å². The molecular formula is C17H14BrClN2O4. The predicted molar refractivity (Wildman–Crippen MR) is 97.8 cm³/mol. The molecule has 3 N–H and O–H groups in total. The molecule has 8 heteroatoms. The number of ketones is 1. The number of benzene rings is 2. The van der Waals surface area contributed by atoms with Crippen LogP contribution in [0.4, 0.5) is 10.5 Å². The summed E-state index contributed by atoms with van der Waals surface area (Å²) in [5.41, 5.74) is 5.87. The molecule has 130 valence electrons. The van der Waals surface area contributed by atoms with Crippen LogP contribution in [-0.4, -0.2) is 23.9 Å². The SMILES string of the molecule is C[C@@H](OC(N)=O)C(=O)Nc1ccc(Br)cc1C(=O)c1ccc(Cl)cc1. The van der Waals surface area contributed by atoms with Crippen LogP contribution < -0.4 is 11.1 Å². The van der Waals surface area contributed by atoms with Crippen LogP contribution in [0.5, 0.6) is 0 Å². The number of carbonyl (C=O) groups is 3. The van der Waals surface area contributed by atoms with Gasteiger partial charge in [0.1, 0.15) is 0 Å². The van der Waals surface area contributed by atoms with Crippen LogP contribution in [0.25, 0.3) is 0 Å². The molecule has 2 aromatic carbocycles. The Morgan fingerprint density at radius 1 is 1.16 bits per heavy atom. The van der Waals surface area contributed by atoms with E-state index < -0.39 is 18.1 Å². The number of hydrogen-bond donors (Lipinski definition) is 2. The highest BCUT2D eigenvalue weighted by Crippen LogP contribution is 2.25. The van der Waals surface area contributed by atoms with Gasteiger partial charge in [-0.05, 0) is 49.4 Å². The molecule has 0 aliphatic carbocycles. The van der Waals surface area contributed by atoms with Crippen molar-refractivity contribution in [3.8, 4) is 0 Å². The lowest BCUT2D eigenvalue weighted by Crippen LogP contribution is -2.32. The van der Waals surface area contributed by atoms with Crippen molar-refractivity contribution in [3.05, 3.63) is 63.1 Å². The lowest BCUT2D eigenvalue weighted by Gasteiger charge is -2.14. The number of carbonyl (C=O) groups excluding carboxylic acids is 3. The second kappa shape index (κ2) is 8.13. The summed E-state index contributed by atoms with van der Waals surface area (Å²) in [6.07, 6.45) is -2.16. The van der Waals surface area contributed by atoms with Crippen molar-refractivity contribution < 1.29 is 19.1 Å². The summed E-state index contributed by atoms with van der Waals surface area (Å²) in [5, 5.41) is 3.08. The first-order valence-electron chi connectivity index (χ1n) is 7.14. The Hall–Kier alpha value is -2.38. The van der Waals surface area contributed by atoms with E-state index in [1.807, 2.05) is 0 Å². The second-order valence-electron chi connectivity index (χ2n) is 5.09. The van der Waals surface area contributed by atoms with Gasteiger partial charge in [-0.25, -0.2) is 4.79 Å². The normalized spacial score (nSPS) is 11.5. The summed E-state index contributed by atoms with van der Waals surface area (Å²) in [4.78, 5) is 35.6. The van der Waals surface area contributed by atoms with E-state index in [9.17, 15) is 14.4 Å². The first kappa shape index (κ1) is 19.0. The fourth-order valence-electron chi connectivity index (χ4n) is 2.03. The first-order chi connectivity index (χ1) is 11.8. The molecule has 0 heterocycles. The number of anilines is 1. The summed E-state index contributed by atoms with van der Waals surface area (Å²) >= 11 is 9.14. The van der Waals surface area contributed by atoms with Crippen molar-refractivity contribution in [1.82, 2.24) is 0 Å². The molecule has 0 radical (unpaired) electrons. The molecule has 0 spiro atoms. The Labute approximate surface area is 157 Å². The van der Waals surface area contributed by atoms with Crippen LogP contribution in [0.2, 0.25) is 5.02 Å². The van der Waals surface area contributed by atoms with E-state index in [1.165, 1.54) is 6.92 Å². The fraction of sp³-hybridized carbons (Fsp3) is 0.118. The van der Waals surface area contributed by atoms with E-state index in [4.69, 9.17) is 17.3 Å². The summed E-state index contributed by atoms with van der Waals surface area (Å²) in [7, 11) is 0. The summed E-state index contributed by atoms with van der Waals surface area (Å²) in [5.74, 6) is -0.900. The number of halogens is 2. The first-order valence-corrected chi connectivity index (χ1v) is 8.32. The molecule has 1 atom stereocenters. The van der Waals surface area contributed by atoms with Crippen molar-refractivity contribution in [3.63, 3.8) is 0 Å². The highest BCUT2D eigenvalue weighted by Gasteiger charge is 2.20. The molecule has 2 rings (SSSR count). The van der Waals surface area contributed by atoms with Crippen molar-refractivity contribution in [2.24, 2.45) is 5.73 Å². The molecule has 0 aliphatic heterocycles. The number of nitrogens with two attached hydrogens (primary N) is 1. The van der Waals surface area contributed by atoms with E-state index in [-0.39, 0.29) is 17.0 Å². The molecule has 0 unspecified atom stereocenters. The summed E-state index contributed by atoms with van der Waals surface area (Å²) < 4.78 is 5.29. The van der Waals surface area contributed by atoms with Crippen molar-refractivity contribution in [1.29, 1.82) is 0 Å². The third-order valence-electron chi connectivity index (χ3n) is 3.25. The summed E-state index contributed by atoms with van der Waals surface area (Å²) in [6, 6.07) is 11.2. The third-order valence-corrected chi connectivity index (χ3v) is 4.00. The Morgan fingerprint density at radius 2 is 1.80 bits per heavy atom. The van der Waals surface area contributed by atoms with Gasteiger partial charge in [0.2, 0.25) is 0 Å². The van der Waals surface area contributed by atoms with Gasteiger partial charge in [0.05, 0.1) is 5.69 Å². The maximum absolute atomic E-state index is 12.7. The second-order valence-corrected chi connectivity index (χ2v) is 6.45. The molecule has 0 saturated heterocycles. The van der Waals surface area contributed by atoms with Crippen LogP contribution in [0.3, 0.4) is 0 Å². The van der Waals surface area contributed by atoms with Gasteiger partial charge < -0.3 is 15.8 Å². The topological polar surface area (TPSA) is 98.5 Å². The molecule has 0 fully saturated rings. The van der Waals surface area contributed by atoms with E-state index in [2.05, 4.69) is 26.0 Å². The molecule has 0 saturated carbocycles. The zero-order chi connectivity index (χ0) is 18.6. The van der Waals surface area contributed by atoms with Gasteiger partial charge in [-0.1, -0.05) is 27.5 Å². The van der Waals surface area contributed by atoms with Crippen molar-refractivity contribution in [2.75, 3.05) is 5.32 Å². The quantitative estimate of drug-likeness (QED) is 0.713. The number of primary amides is 1. The van der Waals surface area contributed by atoms with Crippen LogP contribution in [0.1, 0.15) is 22.8 Å². The van der Waals surface area contributed by atoms with E-state index in [1.54, 1.807) is 42.5 Å². The highest BCUT2D eigenvalue weighted by molar-refractivity contribution is 9.10. The minimum atomic E-state index is -1.10. The Bertz CT molecular complexity index is 824. The standard InChI is InChI=1S/C17H14BrClN2O4/c1-9(25-17(20)24)16(23)21-14-7-4-11(18)8-13(14)15(22)10-2-5-12(19)6-3-10/h2-9H,1H3,(H2,20,24)(H,21,23)/t9-/m1/s1. The van der Waals surface area contributed by atoms with Gasteiger partial charge in [0.25, 0.3) is 5.91 Å². The molecule has 0 aromatic heterocycles. The van der Waals surface area contributed by atoms with Gasteiger partial charge in [-0.3, -0.25) is 9.59 Å². The lowest BCUT2D eigenvalue weighted by atomic mass is 10.0. The maximum Gasteiger partial charge on any atom is 0.405 e. The monoisotopic (exact) mass is 424 g/mol. The average molecular weight is 426 g/mol. The zero-order valence-electron chi connectivity index (χ0n) is 13.1. The van der Waals surface area contributed by atoms with E-state index in [0.717, 1.165) is 0 Å². The highest BCUT2D eigenvalue weighted by atomic mass is 79.9. The van der Waals surface area contributed by atoms with Crippen molar-refractivity contribution in [2.45, 2.75) is 13.0 Å². The van der Waals surface area contributed by atoms with Gasteiger partial charge >= 0.3 is 6.09 Å². The zero-order valence-corrected chi connectivity index (χ0v) is 15.4. The minimum Gasteiger partial charge on any atom is -0.437 e. The lowest BCUT2D eigenvalue weighted by molar-refractivity contribution is -0.123. The molecule has 0 aliphatic rings. The molecule has 6 nitrogen and oxygen atoms in total. The fourth-order valence-corrected chi connectivity index (χ4v) is 2.52. The number of ether oxygens (including phenoxy) is 1. The molecule has 0 bridgehead atoms. The minimum absolute atomic E-state index is 0.274. The van der Waals surface area contributed by atoms with Crippen molar-refractivity contribution >= 4 is 51.0 Å². The van der Waals surface area contributed by atoms with Gasteiger partial charge in [-0.2, -0.15) is 0 Å². The largest absolute Gasteiger partial charge is 0.437 e. The Morgan fingerprint density at radius 3 is 2.40 bits per heavy atom. The van der Waals surface area contributed by atoms with Gasteiger partial charge in [0.15, 0.2) is 11.9 Å². The van der Waals surface area contributed by atoms with Gasteiger partial charge in [0, 0.05) is 20.6 Å². The van der Waals surface area contributed by atoms with Crippen LogP contribution in [-0.2, 0) is 9.53 Å². The Kier molecular flexibility index (Phi) is 6.17. The van der Waals surface area contributed by atoms with Gasteiger partial charge in [-0.15, -0.1) is 0 Å². The molecule has 25 heavy (non-hydrogen) atoms. The maximum atomic E-state index is 12.7. The molecule has 2 aromatic rings. The average Bonchev–Trinajstić information content (AvgIpc) is 2.55. The molecule has 2 amide bonds. The third kappa shape index (κ3) is 5.04. The number of nitrogens with one attached hydrogen (secondary N) is 1. The number of hydrogen-bond acceptors (Lipinski definition) is 4.